The molecule has 0 atom stereocenters. The van der Waals surface area contributed by atoms with Gasteiger partial charge in [-0.2, -0.15) is 5.10 Å². The predicted molar refractivity (Wildman–Crippen MR) is 68.7 cm³/mol. The summed E-state index contributed by atoms with van der Waals surface area (Å²) in [6.45, 7) is 2.10. The smallest absolute Gasteiger partial charge is 0.102 e. The molecule has 0 aliphatic heterocycles. The van der Waals surface area contributed by atoms with Gasteiger partial charge in [-0.1, -0.05) is 11.6 Å². The Kier molecular flexibility index (Phi) is 2.18. The van der Waals surface area contributed by atoms with Crippen LogP contribution in [0.4, 0.5) is 0 Å². The molecule has 0 bridgehead atoms. The zero-order valence-corrected chi connectivity index (χ0v) is 9.88. The Balaban J connectivity index is 2.34. The topological polar surface area (TPSA) is 30.7 Å². The third-order valence-electron chi connectivity index (χ3n) is 2.94. The molecule has 0 unspecified atom stereocenters. The van der Waals surface area contributed by atoms with Crippen molar-refractivity contribution in [2.75, 3.05) is 0 Å². The van der Waals surface area contributed by atoms with Crippen LogP contribution in [0.5, 0.6) is 0 Å². The van der Waals surface area contributed by atoms with Gasteiger partial charge in [-0.3, -0.25) is 9.67 Å². The molecule has 0 aliphatic rings. The maximum Gasteiger partial charge on any atom is 0.102 e. The average Bonchev–Trinajstić information content (AvgIpc) is 2.67. The number of aryl methyl sites for hydroxylation is 2. The average molecular weight is 223 g/mol. The van der Waals surface area contributed by atoms with Crippen molar-refractivity contribution in [1.29, 1.82) is 0 Å². The summed E-state index contributed by atoms with van der Waals surface area (Å²) < 4.78 is 1.91. The van der Waals surface area contributed by atoms with E-state index in [0.717, 1.165) is 16.8 Å². The predicted octanol–water partition coefficient (Wildman–Crippen LogP) is 2.94. The lowest BCUT2D eigenvalue weighted by Crippen LogP contribution is -1.89. The molecular weight excluding hydrogens is 210 g/mol. The molecule has 0 saturated carbocycles. The van der Waals surface area contributed by atoms with Gasteiger partial charge in [-0.15, -0.1) is 0 Å². The zero-order valence-electron chi connectivity index (χ0n) is 9.88. The van der Waals surface area contributed by atoms with Gasteiger partial charge in [0.05, 0.1) is 5.52 Å². The first-order valence-corrected chi connectivity index (χ1v) is 5.59. The van der Waals surface area contributed by atoms with Crippen LogP contribution in [0.1, 0.15) is 5.56 Å². The fourth-order valence-corrected chi connectivity index (χ4v) is 2.10. The molecule has 0 saturated heterocycles. The molecule has 2 aromatic heterocycles. The Hall–Kier alpha value is -2.16. The van der Waals surface area contributed by atoms with E-state index in [4.69, 9.17) is 0 Å². The molecule has 0 N–H and O–H groups in total. The Bertz CT molecular complexity index is 669. The third-order valence-corrected chi connectivity index (χ3v) is 2.94. The molecule has 0 aliphatic carbocycles. The van der Waals surface area contributed by atoms with Gasteiger partial charge in [0.2, 0.25) is 0 Å². The first-order chi connectivity index (χ1) is 8.25. The molecule has 3 rings (SSSR count). The van der Waals surface area contributed by atoms with E-state index >= 15 is 0 Å². The first kappa shape index (κ1) is 10.0. The number of hydrogen-bond acceptors (Lipinski definition) is 2. The van der Waals surface area contributed by atoms with Gasteiger partial charge in [-0.25, -0.2) is 0 Å². The molecule has 0 spiro atoms. The number of aromatic nitrogens is 3. The highest BCUT2D eigenvalue weighted by molar-refractivity contribution is 5.93. The second-order valence-electron chi connectivity index (χ2n) is 4.23. The summed E-state index contributed by atoms with van der Waals surface area (Å²) in [7, 11) is 1.97. The molecule has 0 fully saturated rings. The Morgan fingerprint density at radius 1 is 1.18 bits per heavy atom. The molecule has 3 heteroatoms. The van der Waals surface area contributed by atoms with Crippen molar-refractivity contribution in [1.82, 2.24) is 14.8 Å². The zero-order chi connectivity index (χ0) is 11.8. The summed E-state index contributed by atoms with van der Waals surface area (Å²) in [5.74, 6) is 0. The maximum absolute atomic E-state index is 4.58. The number of rotatable bonds is 1. The van der Waals surface area contributed by atoms with Crippen LogP contribution in [-0.2, 0) is 7.05 Å². The highest BCUT2D eigenvalue weighted by Crippen LogP contribution is 2.27. The van der Waals surface area contributed by atoms with E-state index in [1.165, 1.54) is 10.9 Å². The van der Waals surface area contributed by atoms with Gasteiger partial charge in [0.25, 0.3) is 0 Å². The van der Waals surface area contributed by atoms with Gasteiger partial charge < -0.3 is 0 Å². The minimum absolute atomic E-state index is 0.999. The fourth-order valence-electron chi connectivity index (χ4n) is 2.10. The quantitative estimate of drug-likeness (QED) is 0.635. The monoisotopic (exact) mass is 223 g/mol. The van der Waals surface area contributed by atoms with Crippen molar-refractivity contribution in [3.05, 3.63) is 48.3 Å². The lowest BCUT2D eigenvalue weighted by molar-refractivity contribution is 0.800. The number of benzene rings is 1. The van der Waals surface area contributed by atoms with Crippen LogP contribution in [0.2, 0.25) is 0 Å². The number of fused-ring (bicyclic) bond motifs is 1. The maximum atomic E-state index is 4.58. The van der Waals surface area contributed by atoms with Crippen LogP contribution in [-0.4, -0.2) is 14.8 Å². The van der Waals surface area contributed by atoms with Crippen LogP contribution >= 0.6 is 0 Å². The van der Waals surface area contributed by atoms with Crippen LogP contribution < -0.4 is 0 Å². The van der Waals surface area contributed by atoms with E-state index in [1.54, 1.807) is 6.20 Å². The summed E-state index contributed by atoms with van der Waals surface area (Å²) in [6.07, 6.45) is 3.63. The summed E-state index contributed by atoms with van der Waals surface area (Å²) in [4.78, 5) is 4.15. The van der Waals surface area contributed by atoms with E-state index in [0.29, 0.717) is 0 Å². The lowest BCUT2D eigenvalue weighted by atomic mass is 10.1. The van der Waals surface area contributed by atoms with Crippen LogP contribution in [0.25, 0.3) is 22.2 Å². The molecule has 84 valence electrons. The van der Waals surface area contributed by atoms with Crippen LogP contribution in [0, 0.1) is 6.92 Å². The number of nitrogens with zero attached hydrogens (tertiary/aromatic N) is 3. The van der Waals surface area contributed by atoms with Crippen molar-refractivity contribution in [2.45, 2.75) is 6.92 Å². The van der Waals surface area contributed by atoms with Gasteiger partial charge in [-0.05, 0) is 31.2 Å². The second-order valence-corrected chi connectivity index (χ2v) is 4.23. The second kappa shape index (κ2) is 3.70. The molecule has 3 nitrogen and oxygen atoms in total. The van der Waals surface area contributed by atoms with Crippen molar-refractivity contribution in [3.63, 3.8) is 0 Å². The summed E-state index contributed by atoms with van der Waals surface area (Å²) >= 11 is 0. The Morgan fingerprint density at radius 3 is 2.82 bits per heavy atom. The summed E-state index contributed by atoms with van der Waals surface area (Å²) in [5, 5.41) is 5.76. The molecule has 3 aromatic rings. The number of hydrogen-bond donors (Lipinski definition) is 0. The SMILES string of the molecule is Cc1ccc2c(c1)c(-c1cccnc1)nn2C. The highest BCUT2D eigenvalue weighted by atomic mass is 15.3. The van der Waals surface area contributed by atoms with Crippen molar-refractivity contribution in [3.8, 4) is 11.3 Å². The molecule has 1 aromatic carbocycles. The molecule has 0 radical (unpaired) electrons. The third kappa shape index (κ3) is 1.60. The largest absolute Gasteiger partial charge is 0.267 e. The minimum atomic E-state index is 0.999. The van der Waals surface area contributed by atoms with Gasteiger partial charge >= 0.3 is 0 Å². The lowest BCUT2D eigenvalue weighted by Gasteiger charge is -1.97. The first-order valence-electron chi connectivity index (χ1n) is 5.59. The van der Waals surface area contributed by atoms with Crippen molar-refractivity contribution >= 4 is 10.9 Å². The van der Waals surface area contributed by atoms with E-state index < -0.39 is 0 Å². The standard InChI is InChI=1S/C14H13N3/c1-10-5-6-13-12(8-10)14(16-17(13)2)11-4-3-7-15-9-11/h3-9H,1-2H3. The Labute approximate surface area is 99.7 Å². The minimum Gasteiger partial charge on any atom is -0.267 e. The van der Waals surface area contributed by atoms with Gasteiger partial charge in [0.1, 0.15) is 5.69 Å². The van der Waals surface area contributed by atoms with Crippen molar-refractivity contribution in [2.24, 2.45) is 7.05 Å². The summed E-state index contributed by atoms with van der Waals surface area (Å²) in [5.41, 5.74) is 4.45. The van der Waals surface area contributed by atoms with Crippen LogP contribution in [0.3, 0.4) is 0 Å². The van der Waals surface area contributed by atoms with E-state index in [1.807, 2.05) is 30.1 Å². The van der Waals surface area contributed by atoms with Gasteiger partial charge in [0.15, 0.2) is 0 Å². The normalized spacial score (nSPS) is 10.9. The molecule has 0 amide bonds. The van der Waals surface area contributed by atoms with E-state index in [-0.39, 0.29) is 0 Å². The van der Waals surface area contributed by atoms with Gasteiger partial charge in [0, 0.05) is 30.4 Å². The molecule has 2 heterocycles. The summed E-state index contributed by atoms with van der Waals surface area (Å²) in [6, 6.07) is 10.4. The van der Waals surface area contributed by atoms with E-state index in [2.05, 4.69) is 35.2 Å². The Morgan fingerprint density at radius 2 is 2.06 bits per heavy atom. The molecular formula is C14H13N3. The van der Waals surface area contributed by atoms with Crippen LogP contribution in [0.15, 0.2) is 42.7 Å². The van der Waals surface area contributed by atoms with E-state index in [9.17, 15) is 0 Å². The molecule has 17 heavy (non-hydrogen) atoms. The highest BCUT2D eigenvalue weighted by Gasteiger charge is 2.10. The fraction of sp³-hybridized carbons (Fsp3) is 0.143. The number of pyridine rings is 1. The van der Waals surface area contributed by atoms with Crippen molar-refractivity contribution < 1.29 is 0 Å².